The van der Waals surface area contributed by atoms with E-state index in [0.29, 0.717) is 0 Å². The third kappa shape index (κ3) is 1.09. The summed E-state index contributed by atoms with van der Waals surface area (Å²) >= 11 is 0. The molecule has 0 fully saturated rings. The van der Waals surface area contributed by atoms with E-state index >= 15 is 0 Å². The Bertz CT molecular complexity index is 459. The summed E-state index contributed by atoms with van der Waals surface area (Å²) in [7, 11) is 0. The molecule has 14 heavy (non-hydrogen) atoms. The number of hydrogen-bond donors (Lipinski definition) is 2. The van der Waals surface area contributed by atoms with Crippen LogP contribution in [0.1, 0.15) is 22.3 Å². The van der Waals surface area contributed by atoms with Crippen molar-refractivity contribution in [1.29, 1.82) is 0 Å². The van der Waals surface area contributed by atoms with Crippen LogP contribution in [0.4, 0.5) is 0 Å². The molecule has 0 amide bonds. The van der Waals surface area contributed by atoms with Crippen molar-refractivity contribution in [1.82, 2.24) is 0 Å². The number of aryl methyl sites for hydroxylation is 2. The maximum Gasteiger partial charge on any atom is 0.170 e. The second-order valence-electron chi connectivity index (χ2n) is 3.59. The fraction of sp³-hybridized carbons (Fsp3) is 0.182. The largest absolute Gasteiger partial charge is 0.409 e. The zero-order chi connectivity index (χ0) is 10.3. The average Bonchev–Trinajstić information content (AvgIpc) is 2.08. The van der Waals surface area contributed by atoms with Crippen LogP contribution in [0.2, 0.25) is 0 Å². The first-order chi connectivity index (χ1) is 6.63. The molecule has 2 rings (SSSR count). The average molecular weight is 188 g/mol. The minimum Gasteiger partial charge on any atom is -0.409 e. The summed E-state index contributed by atoms with van der Waals surface area (Å²) in [5, 5.41) is 11.6. The molecule has 3 heteroatoms. The molecule has 3 nitrogen and oxygen atoms in total. The molecule has 72 valence electrons. The highest BCUT2D eigenvalue weighted by atomic mass is 16.4. The zero-order valence-corrected chi connectivity index (χ0v) is 8.20. The first-order valence-electron chi connectivity index (χ1n) is 4.44. The Hall–Kier alpha value is -1.77. The van der Waals surface area contributed by atoms with Crippen molar-refractivity contribution < 1.29 is 5.21 Å². The van der Waals surface area contributed by atoms with Crippen LogP contribution in [0, 0.1) is 13.8 Å². The number of nitrogens with zero attached hydrogens (tertiary/aromatic N) is 1. The Morgan fingerprint density at radius 3 is 2.64 bits per heavy atom. The number of fused-ring (bicyclic) bond motifs is 1. The van der Waals surface area contributed by atoms with Crippen LogP contribution in [-0.4, -0.2) is 11.0 Å². The maximum atomic E-state index is 8.56. The quantitative estimate of drug-likeness (QED) is 0.306. The van der Waals surface area contributed by atoms with E-state index in [1.807, 2.05) is 13.0 Å². The smallest absolute Gasteiger partial charge is 0.170 e. The number of oxime groups is 1. The number of benzene rings is 1. The van der Waals surface area contributed by atoms with E-state index < -0.39 is 0 Å². The van der Waals surface area contributed by atoms with Gasteiger partial charge < -0.3 is 10.9 Å². The van der Waals surface area contributed by atoms with E-state index in [-0.39, 0.29) is 5.84 Å². The fourth-order valence-electron chi connectivity index (χ4n) is 1.89. The second kappa shape index (κ2) is 2.87. The third-order valence-electron chi connectivity index (χ3n) is 2.46. The summed E-state index contributed by atoms with van der Waals surface area (Å²) in [6, 6.07) is 4.19. The van der Waals surface area contributed by atoms with Gasteiger partial charge in [0.15, 0.2) is 5.84 Å². The van der Waals surface area contributed by atoms with E-state index in [0.717, 1.165) is 11.1 Å². The van der Waals surface area contributed by atoms with Gasteiger partial charge in [0.05, 0.1) is 0 Å². The van der Waals surface area contributed by atoms with Crippen molar-refractivity contribution in [2.45, 2.75) is 13.8 Å². The molecule has 1 aliphatic rings. The Labute approximate surface area is 82.5 Å². The summed E-state index contributed by atoms with van der Waals surface area (Å²) in [5.74, 6) is 0.185. The van der Waals surface area contributed by atoms with Crippen molar-refractivity contribution >= 4 is 17.5 Å². The molecule has 0 aliphatic heterocycles. The Kier molecular flexibility index (Phi) is 1.81. The van der Waals surface area contributed by atoms with E-state index in [9.17, 15) is 0 Å². The van der Waals surface area contributed by atoms with E-state index in [1.54, 1.807) is 0 Å². The van der Waals surface area contributed by atoms with Gasteiger partial charge in [0.25, 0.3) is 0 Å². The molecule has 0 bridgehead atoms. The molecule has 0 atom stereocenters. The van der Waals surface area contributed by atoms with Crippen molar-refractivity contribution in [3.05, 3.63) is 34.4 Å². The first-order valence-corrected chi connectivity index (χ1v) is 4.44. The van der Waals surface area contributed by atoms with Gasteiger partial charge in [-0.3, -0.25) is 0 Å². The normalized spacial score (nSPS) is 14.4. The lowest BCUT2D eigenvalue weighted by Gasteiger charge is -2.22. The summed E-state index contributed by atoms with van der Waals surface area (Å²) in [4.78, 5) is 0. The second-order valence-corrected chi connectivity index (χ2v) is 3.59. The number of hydrogen-bond acceptors (Lipinski definition) is 2. The van der Waals surface area contributed by atoms with Gasteiger partial charge in [-0.1, -0.05) is 22.9 Å². The van der Waals surface area contributed by atoms with Crippen LogP contribution < -0.4 is 5.73 Å². The van der Waals surface area contributed by atoms with Gasteiger partial charge in [-0.2, -0.15) is 0 Å². The molecule has 3 N–H and O–H groups in total. The molecule has 1 aromatic carbocycles. The van der Waals surface area contributed by atoms with Gasteiger partial charge in [-0.15, -0.1) is 0 Å². The SMILES string of the molecule is Cc1cc(C)c2c(c1)C=C2C(N)=NO. The monoisotopic (exact) mass is 188 g/mol. The van der Waals surface area contributed by atoms with Gasteiger partial charge >= 0.3 is 0 Å². The minimum absolute atomic E-state index is 0.185. The summed E-state index contributed by atoms with van der Waals surface area (Å²) < 4.78 is 0. The van der Waals surface area contributed by atoms with E-state index in [4.69, 9.17) is 10.9 Å². The molecule has 1 aliphatic carbocycles. The summed E-state index contributed by atoms with van der Waals surface area (Å²) in [6.45, 7) is 4.09. The zero-order valence-electron chi connectivity index (χ0n) is 8.20. The van der Waals surface area contributed by atoms with Crippen molar-refractivity contribution in [2.75, 3.05) is 0 Å². The highest BCUT2D eigenvalue weighted by Crippen LogP contribution is 2.35. The molecule has 0 unspecified atom stereocenters. The van der Waals surface area contributed by atoms with Gasteiger partial charge in [0.1, 0.15) is 0 Å². The molecule has 0 saturated heterocycles. The van der Waals surface area contributed by atoms with E-state index in [2.05, 4.69) is 24.2 Å². The first kappa shape index (κ1) is 8.81. The Morgan fingerprint density at radius 1 is 1.36 bits per heavy atom. The van der Waals surface area contributed by atoms with Crippen molar-refractivity contribution in [3.8, 4) is 0 Å². The molecule has 0 saturated carbocycles. The Balaban J connectivity index is 2.50. The predicted octanol–water partition coefficient (Wildman–Crippen LogP) is 1.90. The highest BCUT2D eigenvalue weighted by molar-refractivity contribution is 6.31. The fourth-order valence-corrected chi connectivity index (χ4v) is 1.89. The van der Waals surface area contributed by atoms with Gasteiger partial charge in [-0.25, -0.2) is 0 Å². The lowest BCUT2D eigenvalue weighted by atomic mass is 9.83. The van der Waals surface area contributed by atoms with Crippen LogP contribution in [0.3, 0.4) is 0 Å². The number of rotatable bonds is 1. The molecule has 0 spiro atoms. The van der Waals surface area contributed by atoms with Gasteiger partial charge in [0, 0.05) is 5.57 Å². The molecule has 0 radical (unpaired) electrons. The minimum atomic E-state index is 0.185. The lowest BCUT2D eigenvalue weighted by Crippen LogP contribution is -2.19. The molecule has 1 aromatic rings. The summed E-state index contributed by atoms with van der Waals surface area (Å²) in [5.41, 5.74) is 11.0. The maximum absolute atomic E-state index is 8.56. The lowest BCUT2D eigenvalue weighted by molar-refractivity contribution is 0.319. The van der Waals surface area contributed by atoms with Crippen molar-refractivity contribution in [2.24, 2.45) is 10.9 Å². The van der Waals surface area contributed by atoms with E-state index in [1.165, 1.54) is 16.7 Å². The van der Waals surface area contributed by atoms with Gasteiger partial charge in [0.2, 0.25) is 0 Å². The number of nitrogens with two attached hydrogens (primary N) is 1. The topological polar surface area (TPSA) is 58.6 Å². The summed E-state index contributed by atoms with van der Waals surface area (Å²) in [6.07, 6.45) is 1.93. The predicted molar refractivity (Wildman–Crippen MR) is 57.2 cm³/mol. The molecular weight excluding hydrogens is 176 g/mol. The molecule has 0 heterocycles. The standard InChI is InChI=1S/C11H12N2O/c1-6-3-7(2)10-8(4-6)5-9(10)11(12)13-14/h3-5,14H,1-2H3,(H2,12,13). The van der Waals surface area contributed by atoms with Crippen LogP contribution in [-0.2, 0) is 0 Å². The van der Waals surface area contributed by atoms with Gasteiger partial charge in [-0.05, 0) is 36.6 Å². The Morgan fingerprint density at radius 2 is 2.07 bits per heavy atom. The highest BCUT2D eigenvalue weighted by Gasteiger charge is 2.21. The number of amidine groups is 1. The van der Waals surface area contributed by atoms with Crippen LogP contribution in [0.15, 0.2) is 17.3 Å². The molecule has 0 aromatic heterocycles. The van der Waals surface area contributed by atoms with Crippen LogP contribution >= 0.6 is 0 Å². The van der Waals surface area contributed by atoms with Crippen molar-refractivity contribution in [3.63, 3.8) is 0 Å². The molecular formula is C11H12N2O. The van der Waals surface area contributed by atoms with Crippen LogP contribution in [0.25, 0.3) is 11.6 Å². The third-order valence-corrected chi connectivity index (χ3v) is 2.46. The van der Waals surface area contributed by atoms with Crippen LogP contribution in [0.5, 0.6) is 0 Å².